The molecule has 0 heterocycles. The lowest BCUT2D eigenvalue weighted by molar-refractivity contribution is -0.132. The second-order valence-corrected chi connectivity index (χ2v) is 6.22. The number of rotatable bonds is 16. The molecule has 0 aromatic heterocycles. The highest BCUT2D eigenvalue weighted by atomic mass is 16.4. The van der Waals surface area contributed by atoms with Crippen LogP contribution in [-0.2, 0) is 4.79 Å². The van der Waals surface area contributed by atoms with Crippen LogP contribution in [0.1, 0.15) is 84.0 Å². The topological polar surface area (TPSA) is 37.3 Å². The van der Waals surface area contributed by atoms with E-state index in [1.165, 1.54) is 38.5 Å². The van der Waals surface area contributed by atoms with Crippen LogP contribution in [0.2, 0.25) is 0 Å². The summed E-state index contributed by atoms with van der Waals surface area (Å²) in [5, 5.41) is 8.71. The molecule has 0 spiro atoms. The number of carboxylic acid groups (broad SMARTS) is 1. The molecular formula is C22H36O2. The zero-order valence-corrected chi connectivity index (χ0v) is 15.5. The van der Waals surface area contributed by atoms with Crippen LogP contribution in [0.4, 0.5) is 0 Å². The van der Waals surface area contributed by atoms with Crippen molar-refractivity contribution in [3.63, 3.8) is 0 Å². The highest BCUT2D eigenvalue weighted by Crippen LogP contribution is 2.12. The quantitative estimate of drug-likeness (QED) is 0.188. The SMILES string of the molecule is C=C(CCCCCCCCC/C=C\C/C=C\C/C=C\CC)C(=O)O. The molecule has 1 N–H and O–H groups in total. The van der Waals surface area contributed by atoms with E-state index in [1.54, 1.807) is 0 Å². The van der Waals surface area contributed by atoms with Gasteiger partial charge in [-0.1, -0.05) is 82.1 Å². The molecule has 0 atom stereocenters. The molecule has 0 aliphatic carbocycles. The van der Waals surface area contributed by atoms with Gasteiger partial charge in [0.1, 0.15) is 0 Å². The average molecular weight is 333 g/mol. The van der Waals surface area contributed by atoms with Crippen molar-refractivity contribution in [1.82, 2.24) is 0 Å². The summed E-state index contributed by atoms with van der Waals surface area (Å²) in [7, 11) is 0. The lowest BCUT2D eigenvalue weighted by atomic mass is 10.0. The minimum Gasteiger partial charge on any atom is -0.478 e. The zero-order valence-electron chi connectivity index (χ0n) is 15.5. The van der Waals surface area contributed by atoms with Gasteiger partial charge in [-0.15, -0.1) is 0 Å². The monoisotopic (exact) mass is 332 g/mol. The Balaban J connectivity index is 3.27. The molecule has 0 rings (SSSR count). The maximum absolute atomic E-state index is 10.6. The second-order valence-electron chi connectivity index (χ2n) is 6.22. The van der Waals surface area contributed by atoms with Crippen LogP contribution in [0.15, 0.2) is 48.6 Å². The lowest BCUT2D eigenvalue weighted by Gasteiger charge is -2.02. The maximum Gasteiger partial charge on any atom is 0.330 e. The fourth-order valence-corrected chi connectivity index (χ4v) is 2.42. The summed E-state index contributed by atoms with van der Waals surface area (Å²) in [6.07, 6.45) is 26.8. The molecule has 24 heavy (non-hydrogen) atoms. The number of hydrogen-bond donors (Lipinski definition) is 1. The summed E-state index contributed by atoms with van der Waals surface area (Å²) in [6.45, 7) is 5.71. The van der Waals surface area contributed by atoms with Gasteiger partial charge in [0.25, 0.3) is 0 Å². The van der Waals surface area contributed by atoms with Gasteiger partial charge in [-0.2, -0.15) is 0 Å². The molecule has 2 heteroatoms. The number of carboxylic acids is 1. The van der Waals surface area contributed by atoms with Crippen molar-refractivity contribution in [3.8, 4) is 0 Å². The summed E-state index contributed by atoms with van der Waals surface area (Å²) >= 11 is 0. The first-order valence-electron chi connectivity index (χ1n) is 9.54. The normalized spacial score (nSPS) is 11.9. The standard InChI is InChI=1S/C22H36O2/c1-3-4-5-6-7-8-9-10-11-12-13-14-15-16-17-18-19-20-21(2)22(23)24/h4-5,7-8,10-11H,2-3,6,9,12-20H2,1H3,(H,23,24)/b5-4-,8-7-,11-10-. The Labute approximate surface area is 149 Å². The summed E-state index contributed by atoms with van der Waals surface area (Å²) in [4.78, 5) is 10.6. The Morgan fingerprint density at radius 1 is 0.792 bits per heavy atom. The predicted molar refractivity (Wildman–Crippen MR) is 105 cm³/mol. The molecule has 0 aromatic carbocycles. The molecule has 0 radical (unpaired) electrons. The van der Waals surface area contributed by atoms with Crippen molar-refractivity contribution in [3.05, 3.63) is 48.6 Å². The van der Waals surface area contributed by atoms with Crippen molar-refractivity contribution in [2.24, 2.45) is 0 Å². The van der Waals surface area contributed by atoms with Gasteiger partial charge < -0.3 is 5.11 Å². The third kappa shape index (κ3) is 16.8. The highest BCUT2D eigenvalue weighted by Gasteiger charge is 2.02. The summed E-state index contributed by atoms with van der Waals surface area (Å²) < 4.78 is 0. The number of carbonyl (C=O) groups is 1. The van der Waals surface area contributed by atoms with Gasteiger partial charge >= 0.3 is 5.97 Å². The summed E-state index contributed by atoms with van der Waals surface area (Å²) in [5.74, 6) is -0.855. The van der Waals surface area contributed by atoms with Gasteiger partial charge in [0.05, 0.1) is 0 Å². The molecule has 0 unspecified atom stereocenters. The zero-order chi connectivity index (χ0) is 17.9. The Morgan fingerprint density at radius 2 is 1.29 bits per heavy atom. The maximum atomic E-state index is 10.6. The third-order valence-electron chi connectivity index (χ3n) is 3.93. The van der Waals surface area contributed by atoms with Gasteiger partial charge in [-0.3, -0.25) is 0 Å². The first kappa shape index (κ1) is 22.4. The van der Waals surface area contributed by atoms with Gasteiger partial charge in [0.15, 0.2) is 0 Å². The molecule has 0 fully saturated rings. The van der Waals surface area contributed by atoms with Gasteiger partial charge in [-0.25, -0.2) is 4.79 Å². The molecule has 0 saturated heterocycles. The number of hydrogen-bond acceptors (Lipinski definition) is 1. The van der Waals surface area contributed by atoms with Crippen molar-refractivity contribution in [2.75, 3.05) is 0 Å². The fraction of sp³-hybridized carbons (Fsp3) is 0.591. The molecule has 136 valence electrons. The number of allylic oxidation sites excluding steroid dienone is 6. The molecular weight excluding hydrogens is 296 g/mol. The van der Waals surface area contributed by atoms with E-state index in [2.05, 4.69) is 50.0 Å². The molecule has 0 aliphatic heterocycles. The first-order chi connectivity index (χ1) is 11.7. The molecule has 0 aromatic rings. The van der Waals surface area contributed by atoms with Crippen molar-refractivity contribution >= 4 is 5.97 Å². The summed E-state index contributed by atoms with van der Waals surface area (Å²) in [5.41, 5.74) is 0.342. The lowest BCUT2D eigenvalue weighted by Crippen LogP contribution is -1.98. The van der Waals surface area contributed by atoms with Crippen molar-refractivity contribution in [1.29, 1.82) is 0 Å². The van der Waals surface area contributed by atoms with Crippen LogP contribution in [0.3, 0.4) is 0 Å². The Hall–Kier alpha value is -1.57. The third-order valence-corrected chi connectivity index (χ3v) is 3.93. The number of aliphatic carboxylic acids is 1. The minimum absolute atomic E-state index is 0.342. The summed E-state index contributed by atoms with van der Waals surface area (Å²) in [6, 6.07) is 0. The molecule has 0 aliphatic rings. The second kappa shape index (κ2) is 17.8. The van der Waals surface area contributed by atoms with E-state index in [9.17, 15) is 4.79 Å². The van der Waals surface area contributed by atoms with Crippen LogP contribution in [0, 0.1) is 0 Å². The van der Waals surface area contributed by atoms with Crippen LogP contribution >= 0.6 is 0 Å². The Bertz CT molecular complexity index is 402. The van der Waals surface area contributed by atoms with E-state index in [-0.39, 0.29) is 0 Å². The van der Waals surface area contributed by atoms with Gasteiger partial charge in [-0.05, 0) is 44.9 Å². The molecule has 2 nitrogen and oxygen atoms in total. The van der Waals surface area contributed by atoms with E-state index in [0.717, 1.165) is 32.1 Å². The van der Waals surface area contributed by atoms with E-state index >= 15 is 0 Å². The van der Waals surface area contributed by atoms with Crippen LogP contribution in [0.25, 0.3) is 0 Å². The molecule has 0 bridgehead atoms. The largest absolute Gasteiger partial charge is 0.478 e. The van der Waals surface area contributed by atoms with Crippen LogP contribution in [-0.4, -0.2) is 11.1 Å². The highest BCUT2D eigenvalue weighted by molar-refractivity contribution is 5.85. The number of unbranched alkanes of at least 4 members (excludes halogenated alkanes) is 7. The van der Waals surface area contributed by atoms with Crippen LogP contribution in [0.5, 0.6) is 0 Å². The van der Waals surface area contributed by atoms with E-state index in [1.807, 2.05) is 0 Å². The van der Waals surface area contributed by atoms with E-state index in [0.29, 0.717) is 12.0 Å². The minimum atomic E-state index is -0.855. The van der Waals surface area contributed by atoms with Gasteiger partial charge in [0, 0.05) is 5.57 Å². The Morgan fingerprint density at radius 3 is 1.88 bits per heavy atom. The predicted octanol–water partition coefficient (Wildman–Crippen LogP) is 7.00. The smallest absolute Gasteiger partial charge is 0.330 e. The fourth-order valence-electron chi connectivity index (χ4n) is 2.42. The van der Waals surface area contributed by atoms with Crippen molar-refractivity contribution < 1.29 is 9.90 Å². The van der Waals surface area contributed by atoms with Gasteiger partial charge in [0.2, 0.25) is 0 Å². The van der Waals surface area contributed by atoms with Crippen molar-refractivity contribution in [2.45, 2.75) is 84.0 Å². The average Bonchev–Trinajstić information content (AvgIpc) is 2.57. The first-order valence-corrected chi connectivity index (χ1v) is 9.54. The Kier molecular flexibility index (Phi) is 16.6. The van der Waals surface area contributed by atoms with E-state index in [4.69, 9.17) is 5.11 Å². The molecule has 0 amide bonds. The molecule has 0 saturated carbocycles. The van der Waals surface area contributed by atoms with Crippen LogP contribution < -0.4 is 0 Å². The van der Waals surface area contributed by atoms with E-state index < -0.39 is 5.97 Å².